The first-order valence-corrected chi connectivity index (χ1v) is 19.2. The lowest BCUT2D eigenvalue weighted by molar-refractivity contribution is -0.139. The number of benzene rings is 2. The lowest BCUT2D eigenvalue weighted by Crippen LogP contribution is -2.31. The largest absolute Gasteiger partial charge is 0.504 e. The van der Waals surface area contributed by atoms with E-state index in [9.17, 15) is 24.9 Å². The van der Waals surface area contributed by atoms with E-state index in [1.165, 1.54) is 57.1 Å². The molecule has 0 fully saturated rings. The molecule has 1 heterocycles. The Bertz CT molecular complexity index is 1290. The molecule has 2 aromatic rings. The van der Waals surface area contributed by atoms with Gasteiger partial charge in [-0.3, -0.25) is 9.59 Å². The van der Waals surface area contributed by atoms with Gasteiger partial charge in [0.25, 0.3) is 0 Å². The van der Waals surface area contributed by atoms with Crippen molar-refractivity contribution in [3.05, 3.63) is 41.5 Å². The van der Waals surface area contributed by atoms with Gasteiger partial charge in [-0.15, -0.1) is 0 Å². The lowest BCUT2D eigenvalue weighted by atomic mass is 9.93. The molecule has 0 aromatic heterocycles. The number of aliphatic hydroxyl groups is 1. The number of ether oxygens (including phenoxy) is 3. The fourth-order valence-corrected chi connectivity index (χ4v) is 6.78. The van der Waals surface area contributed by atoms with Crippen LogP contribution < -0.4 is 14.2 Å². The van der Waals surface area contributed by atoms with Crippen molar-refractivity contribution < 1.29 is 39.1 Å². The van der Waals surface area contributed by atoms with E-state index in [0.29, 0.717) is 23.3 Å². The SMILES string of the molecule is CCCCCCCCC(CCC)C(=O)Oc1cc(OC(=O)C(CCC)CCCCCCCC)c2c(c1)O[C@@H](c1ccc(O)c(O)c1)[C@@H](O)C2. The Hall–Kier alpha value is -3.26. The molecule has 274 valence electrons. The highest BCUT2D eigenvalue weighted by atomic mass is 16.6. The van der Waals surface area contributed by atoms with Gasteiger partial charge >= 0.3 is 11.9 Å². The molecule has 1 aliphatic heterocycles. The second-order valence-electron chi connectivity index (χ2n) is 13.9. The van der Waals surface area contributed by atoms with Crippen molar-refractivity contribution in [3.63, 3.8) is 0 Å². The molecule has 49 heavy (non-hydrogen) atoms. The van der Waals surface area contributed by atoms with E-state index in [1.54, 1.807) is 18.2 Å². The molecule has 3 rings (SSSR count). The number of hydrogen-bond acceptors (Lipinski definition) is 8. The van der Waals surface area contributed by atoms with Crippen molar-refractivity contribution >= 4 is 11.9 Å². The number of aliphatic hydroxyl groups excluding tert-OH is 1. The van der Waals surface area contributed by atoms with Gasteiger partial charge in [0.15, 0.2) is 11.5 Å². The van der Waals surface area contributed by atoms with Crippen LogP contribution in [0.4, 0.5) is 0 Å². The number of fused-ring (bicyclic) bond motifs is 1. The average molecular weight is 683 g/mol. The molecule has 0 aliphatic carbocycles. The molecule has 2 unspecified atom stereocenters. The van der Waals surface area contributed by atoms with Gasteiger partial charge in [0.1, 0.15) is 23.4 Å². The number of esters is 2. The minimum Gasteiger partial charge on any atom is -0.504 e. The molecule has 0 amide bonds. The first kappa shape index (κ1) is 40.2. The molecule has 8 nitrogen and oxygen atoms in total. The number of phenolic OH excluding ortho intramolecular Hbond substituents is 2. The zero-order valence-corrected chi connectivity index (χ0v) is 30.5. The molecule has 0 spiro atoms. The van der Waals surface area contributed by atoms with Crippen LogP contribution in [-0.2, 0) is 16.0 Å². The van der Waals surface area contributed by atoms with Crippen molar-refractivity contribution in [2.75, 3.05) is 0 Å². The predicted molar refractivity (Wildman–Crippen MR) is 193 cm³/mol. The molecule has 4 atom stereocenters. The van der Waals surface area contributed by atoms with Gasteiger partial charge in [0.05, 0.1) is 17.9 Å². The topological polar surface area (TPSA) is 123 Å². The Kier molecular flexibility index (Phi) is 17.8. The summed E-state index contributed by atoms with van der Waals surface area (Å²) in [7, 11) is 0. The third-order valence-corrected chi connectivity index (χ3v) is 9.67. The van der Waals surface area contributed by atoms with E-state index in [2.05, 4.69) is 27.7 Å². The van der Waals surface area contributed by atoms with Crippen molar-refractivity contribution in [2.24, 2.45) is 11.8 Å². The third-order valence-electron chi connectivity index (χ3n) is 9.67. The second kappa shape index (κ2) is 21.7. The minimum absolute atomic E-state index is 0.116. The zero-order valence-electron chi connectivity index (χ0n) is 30.5. The lowest BCUT2D eigenvalue weighted by Gasteiger charge is -2.32. The maximum Gasteiger partial charge on any atom is 0.314 e. The molecule has 3 N–H and O–H groups in total. The summed E-state index contributed by atoms with van der Waals surface area (Å²) in [6, 6.07) is 7.48. The average Bonchev–Trinajstić information content (AvgIpc) is 3.08. The number of carbonyl (C=O) groups excluding carboxylic acids is 2. The molecular formula is C41H62O8. The van der Waals surface area contributed by atoms with Crippen LogP contribution in [0.5, 0.6) is 28.7 Å². The highest BCUT2D eigenvalue weighted by Crippen LogP contribution is 2.44. The van der Waals surface area contributed by atoms with Crippen LogP contribution in [0.1, 0.15) is 161 Å². The fraction of sp³-hybridized carbons (Fsp3) is 0.659. The molecule has 8 heteroatoms. The summed E-state index contributed by atoms with van der Waals surface area (Å²) in [5.41, 5.74) is 0.991. The van der Waals surface area contributed by atoms with Gasteiger partial charge in [-0.25, -0.2) is 0 Å². The maximum absolute atomic E-state index is 13.6. The highest BCUT2D eigenvalue weighted by molar-refractivity contribution is 5.78. The Labute approximate surface area is 294 Å². The number of phenols is 2. The molecule has 1 aliphatic rings. The summed E-state index contributed by atoms with van der Waals surface area (Å²) in [5.74, 6) is -0.943. The smallest absolute Gasteiger partial charge is 0.314 e. The van der Waals surface area contributed by atoms with Crippen LogP contribution >= 0.6 is 0 Å². The molecule has 0 bridgehead atoms. The van der Waals surface area contributed by atoms with Gasteiger partial charge in [-0.05, 0) is 43.4 Å². The summed E-state index contributed by atoms with van der Waals surface area (Å²) in [4.78, 5) is 27.2. The Balaban J connectivity index is 1.85. The van der Waals surface area contributed by atoms with E-state index < -0.39 is 12.2 Å². The van der Waals surface area contributed by atoms with Gasteiger partial charge in [0, 0.05) is 24.1 Å². The van der Waals surface area contributed by atoms with E-state index >= 15 is 0 Å². The predicted octanol–water partition coefficient (Wildman–Crippen LogP) is 10.3. The van der Waals surface area contributed by atoms with Crippen LogP contribution in [0.15, 0.2) is 30.3 Å². The van der Waals surface area contributed by atoms with E-state index in [0.717, 1.165) is 64.2 Å². The minimum atomic E-state index is -1.02. The van der Waals surface area contributed by atoms with Crippen molar-refractivity contribution in [1.82, 2.24) is 0 Å². The summed E-state index contributed by atoms with van der Waals surface area (Å²) in [6.07, 6.45) is 16.6. The first-order valence-electron chi connectivity index (χ1n) is 19.2. The van der Waals surface area contributed by atoms with Crippen LogP contribution in [0, 0.1) is 11.8 Å². The summed E-state index contributed by atoms with van der Waals surface area (Å²) >= 11 is 0. The zero-order chi connectivity index (χ0) is 35.6. The van der Waals surface area contributed by atoms with Gasteiger partial charge in [0.2, 0.25) is 0 Å². The van der Waals surface area contributed by atoms with Gasteiger partial charge < -0.3 is 29.5 Å². The maximum atomic E-state index is 13.6. The Morgan fingerprint density at radius 2 is 1.24 bits per heavy atom. The number of aromatic hydroxyl groups is 2. The van der Waals surface area contributed by atoms with Crippen molar-refractivity contribution in [1.29, 1.82) is 0 Å². The molecule has 0 radical (unpaired) electrons. The number of carbonyl (C=O) groups is 2. The first-order chi connectivity index (χ1) is 23.7. The van der Waals surface area contributed by atoms with Crippen LogP contribution in [0.3, 0.4) is 0 Å². The van der Waals surface area contributed by atoms with Crippen molar-refractivity contribution in [3.8, 4) is 28.7 Å². The Morgan fingerprint density at radius 3 is 1.80 bits per heavy atom. The molecule has 0 saturated heterocycles. The monoisotopic (exact) mass is 682 g/mol. The highest BCUT2D eigenvalue weighted by Gasteiger charge is 2.34. The number of unbranched alkanes of at least 4 members (excludes halogenated alkanes) is 10. The van der Waals surface area contributed by atoms with Crippen LogP contribution in [0.25, 0.3) is 0 Å². The second-order valence-corrected chi connectivity index (χ2v) is 13.9. The molecular weight excluding hydrogens is 620 g/mol. The quantitative estimate of drug-likeness (QED) is 0.0458. The number of hydrogen-bond donors (Lipinski definition) is 3. The van der Waals surface area contributed by atoms with E-state index in [4.69, 9.17) is 14.2 Å². The van der Waals surface area contributed by atoms with Crippen LogP contribution in [-0.4, -0.2) is 33.4 Å². The third kappa shape index (κ3) is 12.9. The van der Waals surface area contributed by atoms with Crippen molar-refractivity contribution in [2.45, 2.75) is 162 Å². The van der Waals surface area contributed by atoms with E-state index in [1.807, 2.05) is 0 Å². The molecule has 0 saturated carbocycles. The van der Waals surface area contributed by atoms with Crippen LogP contribution in [0.2, 0.25) is 0 Å². The Morgan fingerprint density at radius 1 is 0.694 bits per heavy atom. The summed E-state index contributed by atoms with van der Waals surface area (Å²) in [5, 5.41) is 31.1. The van der Waals surface area contributed by atoms with E-state index in [-0.39, 0.29) is 53.2 Å². The fourth-order valence-electron chi connectivity index (χ4n) is 6.78. The normalized spacial score (nSPS) is 16.8. The van der Waals surface area contributed by atoms with Gasteiger partial charge in [-0.2, -0.15) is 0 Å². The summed E-state index contributed by atoms with van der Waals surface area (Å²) < 4.78 is 18.4. The molecule has 2 aromatic carbocycles. The standard InChI is InChI=1S/C41H62O8/c1-5-9-11-13-15-17-21-29(19-7-3)40(45)47-32-26-37-33(28-36(44)39(48-37)31-23-24-34(42)35(43)25-31)38(27-32)49-41(46)30(20-8-4)22-18-16-14-12-10-6-2/h23-27,29-30,36,39,42-44H,5-22,28H2,1-4H3/t29?,30?,36-,39-/m0/s1. The van der Waals surface area contributed by atoms with Gasteiger partial charge in [-0.1, -0.05) is 124 Å². The summed E-state index contributed by atoms with van der Waals surface area (Å²) in [6.45, 7) is 8.53. The number of rotatable bonds is 23.